The SMILES string of the molecule is CN(CCOc1ccc(-c2cccc(-c3ccccc3Cl)c2)cc1F)CC(=O)OC(C)(C)C. The third-order valence-corrected chi connectivity index (χ3v) is 5.19. The average molecular weight is 470 g/mol. The van der Waals surface area contributed by atoms with Crippen LogP contribution in [0.5, 0.6) is 5.75 Å². The molecule has 33 heavy (non-hydrogen) atoms. The molecule has 0 saturated carbocycles. The lowest BCUT2D eigenvalue weighted by Crippen LogP contribution is -2.34. The summed E-state index contributed by atoms with van der Waals surface area (Å²) in [6.07, 6.45) is 0. The lowest BCUT2D eigenvalue weighted by Gasteiger charge is -2.22. The molecule has 6 heteroatoms. The van der Waals surface area contributed by atoms with Crippen molar-refractivity contribution >= 4 is 17.6 Å². The highest BCUT2D eigenvalue weighted by molar-refractivity contribution is 6.33. The van der Waals surface area contributed by atoms with E-state index in [4.69, 9.17) is 21.1 Å². The molecule has 0 N–H and O–H groups in total. The number of likely N-dealkylation sites (N-methyl/N-ethyl adjacent to an activating group) is 1. The molecule has 0 saturated heterocycles. The molecule has 0 unspecified atom stereocenters. The second-order valence-corrected chi connectivity index (χ2v) is 9.29. The fourth-order valence-electron chi connectivity index (χ4n) is 3.34. The molecular weight excluding hydrogens is 441 g/mol. The van der Waals surface area contributed by atoms with Crippen molar-refractivity contribution in [1.82, 2.24) is 4.90 Å². The van der Waals surface area contributed by atoms with E-state index in [-0.39, 0.29) is 24.9 Å². The molecule has 0 atom stereocenters. The maximum absolute atomic E-state index is 14.7. The number of nitrogens with zero attached hydrogens (tertiary/aromatic N) is 1. The quantitative estimate of drug-likeness (QED) is 0.354. The molecule has 0 aliphatic rings. The number of hydrogen-bond acceptors (Lipinski definition) is 4. The molecule has 174 valence electrons. The lowest BCUT2D eigenvalue weighted by atomic mass is 9.99. The van der Waals surface area contributed by atoms with Gasteiger partial charge in [0.2, 0.25) is 0 Å². The van der Waals surface area contributed by atoms with Crippen molar-refractivity contribution in [1.29, 1.82) is 0 Å². The van der Waals surface area contributed by atoms with E-state index < -0.39 is 11.4 Å². The molecule has 0 radical (unpaired) electrons. The van der Waals surface area contributed by atoms with E-state index in [2.05, 4.69) is 0 Å². The van der Waals surface area contributed by atoms with E-state index in [1.807, 2.05) is 75.4 Å². The molecule has 0 spiro atoms. The van der Waals surface area contributed by atoms with Crippen LogP contribution in [0, 0.1) is 5.82 Å². The highest BCUT2D eigenvalue weighted by Gasteiger charge is 2.17. The molecule has 3 aromatic rings. The zero-order valence-electron chi connectivity index (χ0n) is 19.4. The van der Waals surface area contributed by atoms with Gasteiger partial charge in [-0.1, -0.05) is 54.1 Å². The first-order valence-electron chi connectivity index (χ1n) is 10.8. The summed E-state index contributed by atoms with van der Waals surface area (Å²) in [4.78, 5) is 13.7. The van der Waals surface area contributed by atoms with E-state index in [1.165, 1.54) is 6.07 Å². The van der Waals surface area contributed by atoms with Gasteiger partial charge in [0, 0.05) is 17.1 Å². The Labute approximate surface area is 199 Å². The van der Waals surface area contributed by atoms with Gasteiger partial charge in [-0.15, -0.1) is 0 Å². The number of ether oxygens (including phenoxy) is 2. The first-order chi connectivity index (χ1) is 15.6. The summed E-state index contributed by atoms with van der Waals surface area (Å²) in [7, 11) is 1.79. The first-order valence-corrected chi connectivity index (χ1v) is 11.2. The monoisotopic (exact) mass is 469 g/mol. The standard InChI is InChI=1S/C27H29ClFNO3/c1-27(2,3)33-26(31)18-30(4)14-15-32-25-13-12-20(17-24(25)29)19-8-7-9-21(16-19)22-10-5-6-11-23(22)28/h5-13,16-17H,14-15,18H2,1-4H3. The van der Waals surface area contributed by atoms with Crippen LogP contribution >= 0.6 is 11.6 Å². The molecule has 0 fully saturated rings. The van der Waals surface area contributed by atoms with Crippen LogP contribution in [0.15, 0.2) is 66.7 Å². The molecule has 4 nitrogen and oxygen atoms in total. The second-order valence-electron chi connectivity index (χ2n) is 8.88. The van der Waals surface area contributed by atoms with Crippen LogP contribution in [0.1, 0.15) is 20.8 Å². The van der Waals surface area contributed by atoms with Gasteiger partial charge in [-0.2, -0.15) is 0 Å². The van der Waals surface area contributed by atoms with Crippen LogP contribution in [0.25, 0.3) is 22.3 Å². The summed E-state index contributed by atoms with van der Waals surface area (Å²) in [5.41, 5.74) is 3.00. The highest BCUT2D eigenvalue weighted by Crippen LogP contribution is 2.32. The average Bonchev–Trinajstić information content (AvgIpc) is 2.74. The van der Waals surface area contributed by atoms with E-state index in [0.717, 1.165) is 22.3 Å². The molecule has 0 aromatic heterocycles. The number of halogens is 2. The predicted molar refractivity (Wildman–Crippen MR) is 131 cm³/mol. The largest absolute Gasteiger partial charge is 0.489 e. The van der Waals surface area contributed by atoms with Gasteiger partial charge in [0.1, 0.15) is 12.2 Å². The van der Waals surface area contributed by atoms with Crippen molar-refractivity contribution in [2.24, 2.45) is 0 Å². The normalized spacial score (nSPS) is 11.5. The zero-order chi connectivity index (χ0) is 24.0. The van der Waals surface area contributed by atoms with E-state index in [1.54, 1.807) is 18.0 Å². The van der Waals surface area contributed by atoms with Crippen LogP contribution in [0.4, 0.5) is 4.39 Å². The Bertz CT molecular complexity index is 1110. The Morgan fingerprint density at radius 1 is 0.970 bits per heavy atom. The topological polar surface area (TPSA) is 38.8 Å². The van der Waals surface area contributed by atoms with Crippen LogP contribution in [-0.2, 0) is 9.53 Å². The van der Waals surface area contributed by atoms with Gasteiger partial charge in [0.05, 0.1) is 6.54 Å². The Morgan fingerprint density at radius 3 is 2.36 bits per heavy atom. The third kappa shape index (κ3) is 7.31. The summed E-state index contributed by atoms with van der Waals surface area (Å²) >= 11 is 6.32. The van der Waals surface area contributed by atoms with Gasteiger partial charge in [0.25, 0.3) is 0 Å². The molecular formula is C27H29ClFNO3. The molecule has 0 bridgehead atoms. The number of benzene rings is 3. The van der Waals surface area contributed by atoms with Gasteiger partial charge in [-0.05, 0) is 68.8 Å². The lowest BCUT2D eigenvalue weighted by molar-refractivity contribution is -0.155. The smallest absolute Gasteiger partial charge is 0.320 e. The van der Waals surface area contributed by atoms with E-state index in [9.17, 15) is 9.18 Å². The summed E-state index contributed by atoms with van der Waals surface area (Å²) in [6.45, 7) is 6.33. The van der Waals surface area contributed by atoms with Crippen molar-refractivity contribution in [2.45, 2.75) is 26.4 Å². The molecule has 3 rings (SSSR count). The molecule has 0 heterocycles. The summed E-state index contributed by atoms with van der Waals surface area (Å²) < 4.78 is 25.6. The van der Waals surface area contributed by atoms with Crippen LogP contribution in [0.2, 0.25) is 5.02 Å². The Balaban J connectivity index is 1.61. The van der Waals surface area contributed by atoms with Gasteiger partial charge < -0.3 is 9.47 Å². The molecule has 0 aliphatic heterocycles. The van der Waals surface area contributed by atoms with Crippen molar-refractivity contribution in [2.75, 3.05) is 26.7 Å². The minimum atomic E-state index is -0.522. The first kappa shape index (κ1) is 24.7. The van der Waals surface area contributed by atoms with Crippen LogP contribution < -0.4 is 4.74 Å². The second kappa shape index (κ2) is 10.8. The predicted octanol–water partition coefficient (Wildman–Crippen LogP) is 6.47. The number of carbonyl (C=O) groups excluding carboxylic acids is 1. The van der Waals surface area contributed by atoms with Crippen molar-refractivity contribution in [3.8, 4) is 28.0 Å². The highest BCUT2D eigenvalue weighted by atomic mass is 35.5. The molecule has 3 aromatic carbocycles. The number of carbonyl (C=O) groups is 1. The summed E-state index contributed by atoms with van der Waals surface area (Å²) in [5, 5.41) is 0.668. The van der Waals surface area contributed by atoms with Crippen molar-refractivity contribution in [3.05, 3.63) is 77.6 Å². The van der Waals surface area contributed by atoms with Crippen molar-refractivity contribution < 1.29 is 18.7 Å². The van der Waals surface area contributed by atoms with Crippen LogP contribution in [0.3, 0.4) is 0 Å². The van der Waals surface area contributed by atoms with E-state index >= 15 is 0 Å². The van der Waals surface area contributed by atoms with Gasteiger partial charge in [0.15, 0.2) is 11.6 Å². The number of esters is 1. The fourth-order valence-corrected chi connectivity index (χ4v) is 3.59. The maximum atomic E-state index is 14.7. The minimum Gasteiger partial charge on any atom is -0.489 e. The zero-order valence-corrected chi connectivity index (χ0v) is 20.2. The third-order valence-electron chi connectivity index (χ3n) is 4.86. The molecule has 0 amide bonds. The van der Waals surface area contributed by atoms with Gasteiger partial charge in [-0.3, -0.25) is 9.69 Å². The van der Waals surface area contributed by atoms with E-state index in [0.29, 0.717) is 11.6 Å². The fraction of sp³-hybridized carbons (Fsp3) is 0.296. The maximum Gasteiger partial charge on any atom is 0.320 e. The Morgan fingerprint density at radius 2 is 1.67 bits per heavy atom. The minimum absolute atomic E-state index is 0.143. The number of hydrogen-bond donors (Lipinski definition) is 0. The number of rotatable bonds is 8. The summed E-state index contributed by atoms with van der Waals surface area (Å²) in [5.74, 6) is -0.573. The van der Waals surface area contributed by atoms with Crippen LogP contribution in [-0.4, -0.2) is 43.2 Å². The Hall–Kier alpha value is -2.89. The van der Waals surface area contributed by atoms with Gasteiger partial charge >= 0.3 is 5.97 Å². The van der Waals surface area contributed by atoms with Crippen molar-refractivity contribution in [3.63, 3.8) is 0 Å². The molecule has 0 aliphatic carbocycles. The van der Waals surface area contributed by atoms with Gasteiger partial charge in [-0.25, -0.2) is 4.39 Å². The Kier molecular flexibility index (Phi) is 8.11. The summed E-state index contributed by atoms with van der Waals surface area (Å²) in [6, 6.07) is 20.4.